The predicted octanol–water partition coefficient (Wildman–Crippen LogP) is 0.917. The highest BCUT2D eigenvalue weighted by molar-refractivity contribution is 7.90. The van der Waals surface area contributed by atoms with Crippen LogP contribution in [0.25, 0.3) is 0 Å². The minimum atomic E-state index is -0.788. The van der Waals surface area contributed by atoms with Gasteiger partial charge in [0.15, 0.2) is 0 Å². The van der Waals surface area contributed by atoms with Gasteiger partial charge < -0.3 is 9.87 Å². The summed E-state index contributed by atoms with van der Waals surface area (Å²) < 4.78 is 10.8. The quantitative estimate of drug-likeness (QED) is 0.655. The van der Waals surface area contributed by atoms with Gasteiger partial charge in [-0.3, -0.25) is 4.79 Å². The lowest BCUT2D eigenvalue weighted by atomic mass is 10.0. The topological polar surface area (TPSA) is 52.2 Å². The number of rotatable bonds is 6. The van der Waals surface area contributed by atoms with Crippen LogP contribution in [0.1, 0.15) is 26.7 Å². The van der Waals surface area contributed by atoms with Crippen molar-refractivity contribution in [1.29, 1.82) is 0 Å². The minimum Gasteiger partial charge on any atom is -0.617 e. The molecule has 0 saturated carbocycles. The summed E-state index contributed by atoms with van der Waals surface area (Å²) in [6, 6.07) is 0. The van der Waals surface area contributed by atoms with Gasteiger partial charge >= 0.3 is 0 Å². The first-order chi connectivity index (χ1) is 6.11. The van der Waals surface area contributed by atoms with E-state index in [2.05, 4.69) is 5.32 Å². The number of carbonyl (C=O) groups excluding carboxylic acids is 1. The van der Waals surface area contributed by atoms with Crippen molar-refractivity contribution in [3.8, 4) is 0 Å². The first-order valence-corrected chi connectivity index (χ1v) is 6.42. The monoisotopic (exact) mass is 205 g/mol. The van der Waals surface area contributed by atoms with Crippen LogP contribution in [0, 0.1) is 5.92 Å². The zero-order valence-electron chi connectivity index (χ0n) is 8.63. The van der Waals surface area contributed by atoms with E-state index in [1.807, 2.05) is 13.8 Å². The second kappa shape index (κ2) is 7.21. The highest BCUT2D eigenvalue weighted by Gasteiger charge is 2.16. The average molecular weight is 205 g/mol. The normalized spacial score (nSPS) is 15.1. The molecule has 0 fully saturated rings. The Balaban J connectivity index is 3.80. The van der Waals surface area contributed by atoms with Crippen molar-refractivity contribution < 1.29 is 9.35 Å². The molecule has 0 aliphatic heterocycles. The third-order valence-electron chi connectivity index (χ3n) is 1.97. The standard InChI is InChI=1S/C9H19NO2S/c1-4-8(6-7-13(3)12)9(11)10-5-2/h8H,4-7H2,1-3H3,(H,10,11). The Morgan fingerprint density at radius 1 is 1.54 bits per heavy atom. The van der Waals surface area contributed by atoms with Crippen molar-refractivity contribution in [2.45, 2.75) is 26.7 Å². The summed E-state index contributed by atoms with van der Waals surface area (Å²) in [5.41, 5.74) is 0. The van der Waals surface area contributed by atoms with Gasteiger partial charge in [0.05, 0.1) is 6.26 Å². The molecule has 0 bridgehead atoms. The molecule has 0 radical (unpaired) electrons. The molecule has 1 amide bonds. The summed E-state index contributed by atoms with van der Waals surface area (Å²) >= 11 is -0.788. The third-order valence-corrected chi connectivity index (χ3v) is 2.78. The van der Waals surface area contributed by atoms with Gasteiger partial charge in [0.2, 0.25) is 5.91 Å². The highest BCUT2D eigenvalue weighted by Crippen LogP contribution is 2.09. The predicted molar refractivity (Wildman–Crippen MR) is 56.0 cm³/mol. The molecule has 0 aliphatic rings. The summed E-state index contributed by atoms with van der Waals surface area (Å²) in [6.45, 7) is 4.56. The first kappa shape index (κ1) is 12.8. The van der Waals surface area contributed by atoms with E-state index in [9.17, 15) is 9.35 Å². The second-order valence-electron chi connectivity index (χ2n) is 3.07. The Hall–Kier alpha value is -0.220. The summed E-state index contributed by atoms with van der Waals surface area (Å²) in [4.78, 5) is 11.4. The van der Waals surface area contributed by atoms with Crippen LogP contribution in [-0.4, -0.2) is 29.0 Å². The fraction of sp³-hybridized carbons (Fsp3) is 0.889. The largest absolute Gasteiger partial charge is 0.617 e. The molecule has 0 aromatic heterocycles. The number of amides is 1. The van der Waals surface area contributed by atoms with Crippen LogP contribution in [0.2, 0.25) is 0 Å². The number of hydrogen-bond donors (Lipinski definition) is 1. The maximum Gasteiger partial charge on any atom is 0.223 e. The van der Waals surface area contributed by atoms with Crippen LogP contribution >= 0.6 is 0 Å². The highest BCUT2D eigenvalue weighted by atomic mass is 32.2. The Bertz CT molecular complexity index is 151. The molecule has 2 unspecified atom stereocenters. The van der Waals surface area contributed by atoms with E-state index in [1.54, 1.807) is 6.26 Å². The van der Waals surface area contributed by atoms with Crippen LogP contribution in [0.15, 0.2) is 0 Å². The number of carbonyl (C=O) groups is 1. The minimum absolute atomic E-state index is 0.0313. The van der Waals surface area contributed by atoms with Gasteiger partial charge in [-0.1, -0.05) is 18.1 Å². The first-order valence-electron chi connectivity index (χ1n) is 4.69. The maximum atomic E-state index is 11.4. The maximum absolute atomic E-state index is 11.4. The van der Waals surface area contributed by atoms with E-state index in [0.717, 1.165) is 12.8 Å². The number of hydrogen-bond acceptors (Lipinski definition) is 2. The molecule has 3 nitrogen and oxygen atoms in total. The summed E-state index contributed by atoms with van der Waals surface area (Å²) in [6.07, 6.45) is 3.22. The van der Waals surface area contributed by atoms with Crippen LogP contribution in [0.4, 0.5) is 0 Å². The van der Waals surface area contributed by atoms with E-state index in [4.69, 9.17) is 0 Å². The van der Waals surface area contributed by atoms with Gasteiger partial charge in [-0.05, 0) is 13.3 Å². The van der Waals surface area contributed by atoms with E-state index in [-0.39, 0.29) is 11.8 Å². The lowest BCUT2D eigenvalue weighted by Gasteiger charge is -2.14. The lowest BCUT2D eigenvalue weighted by Crippen LogP contribution is -2.31. The molecule has 0 aromatic carbocycles. The fourth-order valence-electron chi connectivity index (χ4n) is 1.15. The molecule has 0 aromatic rings. The van der Waals surface area contributed by atoms with Crippen LogP contribution in [0.3, 0.4) is 0 Å². The van der Waals surface area contributed by atoms with Crippen LogP contribution in [0.5, 0.6) is 0 Å². The number of nitrogens with one attached hydrogen (secondary N) is 1. The summed E-state index contributed by atoms with van der Waals surface area (Å²) in [7, 11) is 0. The molecule has 2 atom stereocenters. The van der Waals surface area contributed by atoms with Crippen molar-refractivity contribution in [3.63, 3.8) is 0 Å². The average Bonchev–Trinajstić information content (AvgIpc) is 2.05. The van der Waals surface area contributed by atoms with Gasteiger partial charge in [-0.2, -0.15) is 0 Å². The van der Waals surface area contributed by atoms with Crippen molar-refractivity contribution in [2.75, 3.05) is 18.6 Å². The van der Waals surface area contributed by atoms with Crippen molar-refractivity contribution in [1.82, 2.24) is 5.32 Å². The molecule has 0 rings (SSSR count). The van der Waals surface area contributed by atoms with E-state index in [0.29, 0.717) is 12.3 Å². The van der Waals surface area contributed by atoms with Gasteiger partial charge in [0.1, 0.15) is 5.75 Å². The molecular formula is C9H19NO2S. The van der Waals surface area contributed by atoms with E-state index >= 15 is 0 Å². The van der Waals surface area contributed by atoms with Crippen molar-refractivity contribution in [3.05, 3.63) is 0 Å². The second-order valence-corrected chi connectivity index (χ2v) is 4.62. The summed E-state index contributed by atoms with van der Waals surface area (Å²) in [5, 5.41) is 2.78. The molecule has 4 heteroatoms. The molecule has 0 heterocycles. The molecule has 0 aliphatic carbocycles. The van der Waals surface area contributed by atoms with Crippen LogP contribution in [-0.2, 0) is 16.0 Å². The Labute approximate surface area is 83.5 Å². The Morgan fingerprint density at radius 2 is 2.15 bits per heavy atom. The molecule has 0 saturated heterocycles. The van der Waals surface area contributed by atoms with E-state index in [1.165, 1.54) is 0 Å². The Kier molecular flexibility index (Phi) is 7.09. The van der Waals surface area contributed by atoms with Gasteiger partial charge in [-0.25, -0.2) is 0 Å². The molecule has 1 N–H and O–H groups in total. The molecular weight excluding hydrogens is 186 g/mol. The summed E-state index contributed by atoms with van der Waals surface area (Å²) in [5.74, 6) is 0.745. The molecule has 13 heavy (non-hydrogen) atoms. The van der Waals surface area contributed by atoms with E-state index < -0.39 is 11.2 Å². The molecule has 0 spiro atoms. The lowest BCUT2D eigenvalue weighted by molar-refractivity contribution is -0.125. The van der Waals surface area contributed by atoms with Crippen molar-refractivity contribution >= 4 is 17.1 Å². The zero-order chi connectivity index (χ0) is 10.3. The zero-order valence-corrected chi connectivity index (χ0v) is 9.45. The van der Waals surface area contributed by atoms with Gasteiger partial charge in [0.25, 0.3) is 0 Å². The van der Waals surface area contributed by atoms with Gasteiger partial charge in [-0.15, -0.1) is 0 Å². The smallest absolute Gasteiger partial charge is 0.223 e. The van der Waals surface area contributed by atoms with Crippen molar-refractivity contribution in [2.24, 2.45) is 5.92 Å². The van der Waals surface area contributed by atoms with Gasteiger partial charge in [0, 0.05) is 18.9 Å². The third kappa shape index (κ3) is 5.93. The fourth-order valence-corrected chi connectivity index (χ4v) is 1.76. The SMILES string of the molecule is CCNC(=O)C(CC)CC[S+](C)[O-]. The van der Waals surface area contributed by atoms with Crippen LogP contribution < -0.4 is 5.32 Å². The Morgan fingerprint density at radius 3 is 2.54 bits per heavy atom. The molecule has 78 valence electrons.